The summed E-state index contributed by atoms with van der Waals surface area (Å²) in [5.41, 5.74) is 3.42. The van der Waals surface area contributed by atoms with Crippen LogP contribution in [-0.4, -0.2) is 67.4 Å². The highest BCUT2D eigenvalue weighted by molar-refractivity contribution is 5.93. The van der Waals surface area contributed by atoms with Crippen LogP contribution in [0.15, 0.2) is 29.3 Å². The van der Waals surface area contributed by atoms with Gasteiger partial charge in [0.05, 0.1) is 11.8 Å². The second-order valence-electron chi connectivity index (χ2n) is 7.27. The Hall–Kier alpha value is -3.23. The van der Waals surface area contributed by atoms with Gasteiger partial charge in [-0.2, -0.15) is 10.1 Å². The summed E-state index contributed by atoms with van der Waals surface area (Å²) >= 11 is 0. The molecule has 0 atom stereocenters. The van der Waals surface area contributed by atoms with Gasteiger partial charge in [-0.25, -0.2) is 9.50 Å². The predicted octanol–water partition coefficient (Wildman–Crippen LogP) is 1.64. The van der Waals surface area contributed by atoms with Crippen molar-refractivity contribution < 1.29 is 14.0 Å². The molecule has 0 saturated carbocycles. The quantitative estimate of drug-likeness (QED) is 0.665. The third-order valence-corrected chi connectivity index (χ3v) is 5.48. The van der Waals surface area contributed by atoms with Crippen LogP contribution in [0.25, 0.3) is 5.78 Å². The average molecular weight is 396 g/mol. The third kappa shape index (κ3) is 3.85. The number of hydrogen-bond acceptors (Lipinski definition) is 6. The third-order valence-electron chi connectivity index (χ3n) is 5.48. The molecule has 0 unspecified atom stereocenters. The van der Waals surface area contributed by atoms with Crippen molar-refractivity contribution in [2.24, 2.45) is 0 Å². The fourth-order valence-electron chi connectivity index (χ4n) is 3.85. The van der Waals surface area contributed by atoms with Crippen molar-refractivity contribution >= 4 is 17.6 Å². The van der Waals surface area contributed by atoms with Crippen LogP contribution in [0.2, 0.25) is 0 Å². The van der Waals surface area contributed by atoms with E-state index in [0.717, 1.165) is 23.4 Å². The molecule has 1 aliphatic rings. The minimum Gasteiger partial charge on any atom is -0.472 e. The first kappa shape index (κ1) is 19.1. The molecule has 4 heterocycles. The second-order valence-corrected chi connectivity index (χ2v) is 7.27. The Morgan fingerprint density at radius 3 is 2.72 bits per heavy atom. The summed E-state index contributed by atoms with van der Waals surface area (Å²) in [7, 11) is 0. The number of amides is 2. The number of aromatic nitrogens is 4. The van der Waals surface area contributed by atoms with Crippen molar-refractivity contribution in [1.82, 2.24) is 29.4 Å². The van der Waals surface area contributed by atoms with E-state index in [9.17, 15) is 9.59 Å². The predicted molar refractivity (Wildman–Crippen MR) is 104 cm³/mol. The molecule has 0 spiro atoms. The van der Waals surface area contributed by atoms with Crippen molar-refractivity contribution in [2.75, 3.05) is 26.2 Å². The standard InChI is InChI=1S/C20H24N6O3/c1-14-17(15(2)26-20(23-14)21-13-22-26)4-5-18(27)24-7-3-8-25(10-9-24)19(28)16-6-11-29-12-16/h6,11-13H,3-5,7-10H2,1-2H3. The highest BCUT2D eigenvalue weighted by Crippen LogP contribution is 2.16. The van der Waals surface area contributed by atoms with E-state index in [1.807, 2.05) is 18.7 Å². The first-order chi connectivity index (χ1) is 14.0. The molecular weight excluding hydrogens is 372 g/mol. The molecule has 29 heavy (non-hydrogen) atoms. The number of nitrogens with zero attached hydrogens (tertiary/aromatic N) is 6. The molecule has 0 aromatic carbocycles. The van der Waals surface area contributed by atoms with Crippen LogP contribution in [0.1, 0.15) is 40.2 Å². The Morgan fingerprint density at radius 2 is 1.93 bits per heavy atom. The first-order valence-electron chi connectivity index (χ1n) is 9.79. The van der Waals surface area contributed by atoms with Gasteiger partial charge in [0, 0.05) is 44.0 Å². The largest absolute Gasteiger partial charge is 0.472 e. The zero-order valence-electron chi connectivity index (χ0n) is 16.7. The molecule has 2 amide bonds. The summed E-state index contributed by atoms with van der Waals surface area (Å²) < 4.78 is 6.71. The summed E-state index contributed by atoms with van der Waals surface area (Å²) in [6, 6.07) is 1.67. The average Bonchev–Trinajstić information content (AvgIpc) is 3.34. The molecule has 0 radical (unpaired) electrons. The molecule has 1 fully saturated rings. The van der Waals surface area contributed by atoms with Gasteiger partial charge in [0.25, 0.3) is 11.7 Å². The van der Waals surface area contributed by atoms with Crippen LogP contribution in [0, 0.1) is 13.8 Å². The monoisotopic (exact) mass is 396 g/mol. The van der Waals surface area contributed by atoms with Gasteiger partial charge in [0.2, 0.25) is 5.91 Å². The zero-order valence-corrected chi connectivity index (χ0v) is 16.7. The Labute approximate surface area is 168 Å². The van der Waals surface area contributed by atoms with Gasteiger partial charge in [0.1, 0.15) is 12.6 Å². The Kier molecular flexibility index (Phi) is 5.28. The van der Waals surface area contributed by atoms with Gasteiger partial charge in [-0.05, 0) is 38.3 Å². The molecule has 3 aromatic rings. The second kappa shape index (κ2) is 8.02. The molecule has 9 nitrogen and oxygen atoms in total. The van der Waals surface area contributed by atoms with Crippen molar-refractivity contribution in [2.45, 2.75) is 33.1 Å². The maximum Gasteiger partial charge on any atom is 0.257 e. The van der Waals surface area contributed by atoms with E-state index in [1.54, 1.807) is 15.5 Å². The van der Waals surface area contributed by atoms with E-state index in [4.69, 9.17) is 4.42 Å². The maximum atomic E-state index is 12.8. The zero-order chi connectivity index (χ0) is 20.4. The van der Waals surface area contributed by atoms with E-state index in [-0.39, 0.29) is 11.8 Å². The minimum atomic E-state index is -0.0495. The number of rotatable bonds is 4. The highest BCUT2D eigenvalue weighted by Gasteiger charge is 2.23. The van der Waals surface area contributed by atoms with Crippen molar-refractivity contribution in [3.63, 3.8) is 0 Å². The number of furan rings is 1. The summed E-state index contributed by atoms with van der Waals surface area (Å²) in [4.78, 5) is 37.6. The van der Waals surface area contributed by atoms with Crippen LogP contribution >= 0.6 is 0 Å². The molecule has 0 aliphatic carbocycles. The minimum absolute atomic E-state index is 0.0495. The summed E-state index contributed by atoms with van der Waals surface area (Å²) in [6.07, 6.45) is 6.21. The molecule has 0 N–H and O–H groups in total. The topological polar surface area (TPSA) is 96.8 Å². The lowest BCUT2D eigenvalue weighted by Gasteiger charge is -2.22. The van der Waals surface area contributed by atoms with Crippen LogP contribution in [0.4, 0.5) is 0 Å². The molecule has 3 aromatic heterocycles. The molecule has 9 heteroatoms. The van der Waals surface area contributed by atoms with Crippen molar-refractivity contribution in [1.29, 1.82) is 0 Å². The maximum absolute atomic E-state index is 12.8. The Bertz CT molecular complexity index is 1030. The smallest absolute Gasteiger partial charge is 0.257 e. The number of aryl methyl sites for hydroxylation is 2. The molecule has 1 saturated heterocycles. The summed E-state index contributed by atoms with van der Waals surface area (Å²) in [5.74, 6) is 0.622. The Balaban J connectivity index is 1.37. The number of carbonyl (C=O) groups excluding carboxylic acids is 2. The number of fused-ring (bicyclic) bond motifs is 1. The van der Waals surface area contributed by atoms with Gasteiger partial charge in [-0.1, -0.05) is 0 Å². The van der Waals surface area contributed by atoms with Crippen LogP contribution in [0.5, 0.6) is 0 Å². The van der Waals surface area contributed by atoms with Crippen molar-refractivity contribution in [3.05, 3.63) is 47.4 Å². The number of carbonyl (C=O) groups is 2. The summed E-state index contributed by atoms with van der Waals surface area (Å²) in [5, 5.41) is 4.20. The van der Waals surface area contributed by atoms with Gasteiger partial charge >= 0.3 is 0 Å². The van der Waals surface area contributed by atoms with Crippen LogP contribution < -0.4 is 0 Å². The van der Waals surface area contributed by atoms with E-state index in [0.29, 0.717) is 50.4 Å². The van der Waals surface area contributed by atoms with E-state index in [2.05, 4.69) is 15.1 Å². The molecule has 0 bridgehead atoms. The molecular formula is C20H24N6O3. The number of hydrogen-bond donors (Lipinski definition) is 0. The van der Waals surface area contributed by atoms with E-state index < -0.39 is 0 Å². The van der Waals surface area contributed by atoms with Gasteiger partial charge in [0.15, 0.2) is 0 Å². The Morgan fingerprint density at radius 1 is 1.14 bits per heavy atom. The van der Waals surface area contributed by atoms with Gasteiger partial charge < -0.3 is 14.2 Å². The lowest BCUT2D eigenvalue weighted by molar-refractivity contribution is -0.131. The lowest BCUT2D eigenvalue weighted by atomic mass is 10.1. The molecule has 1 aliphatic heterocycles. The fraction of sp³-hybridized carbons (Fsp3) is 0.450. The van der Waals surface area contributed by atoms with Crippen LogP contribution in [0.3, 0.4) is 0 Å². The highest BCUT2D eigenvalue weighted by atomic mass is 16.3. The van der Waals surface area contributed by atoms with E-state index in [1.165, 1.54) is 18.9 Å². The SMILES string of the molecule is Cc1nc2ncnn2c(C)c1CCC(=O)N1CCCN(C(=O)c2ccoc2)CC1. The molecule has 152 valence electrons. The van der Waals surface area contributed by atoms with E-state index >= 15 is 0 Å². The van der Waals surface area contributed by atoms with Gasteiger partial charge in [-0.3, -0.25) is 9.59 Å². The van der Waals surface area contributed by atoms with Crippen LogP contribution in [-0.2, 0) is 11.2 Å². The molecule has 4 rings (SSSR count). The normalized spacial score (nSPS) is 15.0. The van der Waals surface area contributed by atoms with Crippen molar-refractivity contribution in [3.8, 4) is 0 Å². The lowest BCUT2D eigenvalue weighted by Crippen LogP contribution is -2.37. The first-order valence-corrected chi connectivity index (χ1v) is 9.79. The van der Waals surface area contributed by atoms with Gasteiger partial charge in [-0.15, -0.1) is 0 Å². The fourth-order valence-corrected chi connectivity index (χ4v) is 3.85. The summed E-state index contributed by atoms with van der Waals surface area (Å²) in [6.45, 7) is 6.28.